The second-order valence-electron chi connectivity index (χ2n) is 2.10. The molecule has 0 atom stereocenters. The second kappa shape index (κ2) is 3.48. The highest BCUT2D eigenvalue weighted by Gasteiger charge is 2.00. The highest BCUT2D eigenvalue weighted by Crippen LogP contribution is 2.12. The number of aromatic nitrogens is 1. The highest BCUT2D eigenvalue weighted by molar-refractivity contribution is 7.13. The topological polar surface area (TPSA) is 34.5 Å². The summed E-state index contributed by atoms with van der Waals surface area (Å²) in [6.45, 7) is 3.87. The summed E-state index contributed by atoms with van der Waals surface area (Å²) in [4.78, 5) is 9.80. The standard InChI is InChI=1S/C7H10N2OS/c1-5(9-10-3)7-4-8-6(2)11-7/h4H,1-3H3/b9-5+. The lowest BCUT2D eigenvalue weighted by Gasteiger charge is -1.91. The third kappa shape index (κ3) is 2.01. The van der Waals surface area contributed by atoms with Gasteiger partial charge in [0.05, 0.1) is 15.6 Å². The number of rotatable bonds is 2. The molecule has 0 aliphatic rings. The molecule has 0 aliphatic heterocycles. The molecule has 0 bridgehead atoms. The zero-order valence-corrected chi connectivity index (χ0v) is 7.60. The Morgan fingerprint density at radius 1 is 1.73 bits per heavy atom. The molecule has 1 heterocycles. The van der Waals surface area contributed by atoms with Gasteiger partial charge >= 0.3 is 0 Å². The molecule has 0 aromatic carbocycles. The number of hydrogen-bond donors (Lipinski definition) is 0. The van der Waals surface area contributed by atoms with E-state index in [9.17, 15) is 0 Å². The first kappa shape index (κ1) is 8.20. The van der Waals surface area contributed by atoms with Crippen molar-refractivity contribution in [2.75, 3.05) is 7.11 Å². The van der Waals surface area contributed by atoms with Crippen molar-refractivity contribution in [3.8, 4) is 0 Å². The van der Waals surface area contributed by atoms with Crippen molar-refractivity contribution in [1.82, 2.24) is 4.98 Å². The van der Waals surface area contributed by atoms with E-state index in [0.717, 1.165) is 15.6 Å². The minimum Gasteiger partial charge on any atom is -0.399 e. The fourth-order valence-electron chi connectivity index (χ4n) is 0.711. The lowest BCUT2D eigenvalue weighted by molar-refractivity contribution is 0.213. The predicted octanol–water partition coefficient (Wildman–Crippen LogP) is 1.82. The quantitative estimate of drug-likeness (QED) is 0.501. The SMILES string of the molecule is CO/N=C(\C)c1cnc(C)s1. The van der Waals surface area contributed by atoms with Crippen molar-refractivity contribution in [3.05, 3.63) is 16.1 Å². The third-order valence-electron chi connectivity index (χ3n) is 1.21. The first-order chi connectivity index (χ1) is 5.24. The Labute approximate surface area is 69.7 Å². The molecule has 11 heavy (non-hydrogen) atoms. The summed E-state index contributed by atoms with van der Waals surface area (Å²) < 4.78 is 0. The van der Waals surface area contributed by atoms with Gasteiger partial charge in [-0.05, 0) is 13.8 Å². The molecule has 0 spiro atoms. The van der Waals surface area contributed by atoms with Crippen LogP contribution in [0.1, 0.15) is 16.8 Å². The van der Waals surface area contributed by atoms with E-state index in [4.69, 9.17) is 0 Å². The maximum Gasteiger partial charge on any atom is 0.106 e. The maximum atomic E-state index is 4.63. The van der Waals surface area contributed by atoms with Crippen LogP contribution in [0.25, 0.3) is 0 Å². The molecule has 0 radical (unpaired) electrons. The van der Waals surface area contributed by atoms with Gasteiger partial charge in [-0.2, -0.15) is 0 Å². The van der Waals surface area contributed by atoms with Crippen molar-refractivity contribution in [1.29, 1.82) is 0 Å². The molecule has 1 aromatic rings. The Bertz CT molecular complexity index is 267. The molecule has 0 unspecified atom stereocenters. The predicted molar refractivity (Wildman–Crippen MR) is 46.1 cm³/mol. The Kier molecular flexibility index (Phi) is 2.59. The van der Waals surface area contributed by atoms with Gasteiger partial charge in [-0.1, -0.05) is 5.16 Å². The average molecular weight is 170 g/mol. The molecule has 60 valence electrons. The molecule has 0 aliphatic carbocycles. The summed E-state index contributed by atoms with van der Waals surface area (Å²) >= 11 is 1.61. The van der Waals surface area contributed by atoms with Gasteiger partial charge in [0, 0.05) is 6.20 Å². The number of oxime groups is 1. The number of hydrogen-bond acceptors (Lipinski definition) is 4. The minimum absolute atomic E-state index is 0.873. The van der Waals surface area contributed by atoms with E-state index in [1.165, 1.54) is 7.11 Å². The van der Waals surface area contributed by atoms with Gasteiger partial charge in [0.15, 0.2) is 0 Å². The Morgan fingerprint density at radius 3 is 2.91 bits per heavy atom. The van der Waals surface area contributed by atoms with E-state index in [1.807, 2.05) is 13.8 Å². The fraction of sp³-hybridized carbons (Fsp3) is 0.429. The number of nitrogens with zero attached hydrogens (tertiary/aromatic N) is 2. The Balaban J connectivity index is 2.84. The molecule has 3 nitrogen and oxygen atoms in total. The van der Waals surface area contributed by atoms with Crippen molar-refractivity contribution in [2.24, 2.45) is 5.16 Å². The lowest BCUT2D eigenvalue weighted by Crippen LogP contribution is -1.90. The van der Waals surface area contributed by atoms with Crippen LogP contribution in [0.3, 0.4) is 0 Å². The van der Waals surface area contributed by atoms with E-state index in [-0.39, 0.29) is 0 Å². The van der Waals surface area contributed by atoms with Gasteiger partial charge in [-0.3, -0.25) is 0 Å². The van der Waals surface area contributed by atoms with Crippen LogP contribution < -0.4 is 0 Å². The normalized spacial score (nSPS) is 11.7. The van der Waals surface area contributed by atoms with E-state index in [2.05, 4.69) is 15.0 Å². The van der Waals surface area contributed by atoms with Crippen LogP contribution in [0, 0.1) is 6.92 Å². The molecule has 1 rings (SSSR count). The molecule has 0 saturated carbocycles. The Hall–Kier alpha value is -0.900. The van der Waals surface area contributed by atoms with Crippen molar-refractivity contribution >= 4 is 17.0 Å². The number of aryl methyl sites for hydroxylation is 1. The average Bonchev–Trinajstić information content (AvgIpc) is 2.36. The molecular formula is C7H10N2OS. The summed E-state index contributed by atoms with van der Waals surface area (Å²) in [6, 6.07) is 0. The third-order valence-corrected chi connectivity index (χ3v) is 2.23. The largest absolute Gasteiger partial charge is 0.399 e. The van der Waals surface area contributed by atoms with Crippen LogP contribution >= 0.6 is 11.3 Å². The lowest BCUT2D eigenvalue weighted by atomic mass is 10.4. The summed E-state index contributed by atoms with van der Waals surface area (Å²) in [5, 5.41) is 4.84. The van der Waals surface area contributed by atoms with Crippen molar-refractivity contribution in [3.63, 3.8) is 0 Å². The summed E-state index contributed by atoms with van der Waals surface area (Å²) in [6.07, 6.45) is 1.80. The zero-order valence-electron chi connectivity index (χ0n) is 6.79. The van der Waals surface area contributed by atoms with Crippen LogP contribution in [-0.2, 0) is 4.84 Å². The van der Waals surface area contributed by atoms with Gasteiger partial charge in [-0.15, -0.1) is 11.3 Å². The van der Waals surface area contributed by atoms with Crippen molar-refractivity contribution in [2.45, 2.75) is 13.8 Å². The zero-order chi connectivity index (χ0) is 8.27. The second-order valence-corrected chi connectivity index (χ2v) is 3.34. The Morgan fingerprint density at radius 2 is 2.45 bits per heavy atom. The van der Waals surface area contributed by atoms with E-state index in [0.29, 0.717) is 0 Å². The smallest absolute Gasteiger partial charge is 0.106 e. The van der Waals surface area contributed by atoms with Crippen LogP contribution in [0.15, 0.2) is 11.4 Å². The van der Waals surface area contributed by atoms with Crippen molar-refractivity contribution < 1.29 is 4.84 Å². The molecule has 0 amide bonds. The van der Waals surface area contributed by atoms with Gasteiger partial charge < -0.3 is 4.84 Å². The fourth-order valence-corrected chi connectivity index (χ4v) is 1.42. The molecule has 0 fully saturated rings. The van der Waals surface area contributed by atoms with E-state index >= 15 is 0 Å². The summed E-state index contributed by atoms with van der Waals surface area (Å²) in [7, 11) is 1.54. The van der Waals surface area contributed by atoms with Crippen LogP contribution in [0.5, 0.6) is 0 Å². The summed E-state index contributed by atoms with van der Waals surface area (Å²) in [5.74, 6) is 0. The van der Waals surface area contributed by atoms with Gasteiger partial charge in [0.25, 0.3) is 0 Å². The number of thiazole rings is 1. The molecule has 0 saturated heterocycles. The first-order valence-corrected chi connectivity index (χ1v) is 4.06. The first-order valence-electron chi connectivity index (χ1n) is 3.24. The molecule has 0 N–H and O–H groups in total. The van der Waals surface area contributed by atoms with Crippen LogP contribution in [-0.4, -0.2) is 17.8 Å². The molecule has 4 heteroatoms. The highest BCUT2D eigenvalue weighted by atomic mass is 32.1. The van der Waals surface area contributed by atoms with E-state index < -0.39 is 0 Å². The van der Waals surface area contributed by atoms with Crippen LogP contribution in [0.2, 0.25) is 0 Å². The van der Waals surface area contributed by atoms with Gasteiger partial charge in [-0.25, -0.2) is 4.98 Å². The summed E-state index contributed by atoms with van der Waals surface area (Å²) in [5.41, 5.74) is 0.873. The minimum atomic E-state index is 0.873. The van der Waals surface area contributed by atoms with Gasteiger partial charge in [0.1, 0.15) is 7.11 Å². The monoisotopic (exact) mass is 170 g/mol. The maximum absolute atomic E-state index is 4.63. The van der Waals surface area contributed by atoms with Crippen LogP contribution in [0.4, 0.5) is 0 Å². The van der Waals surface area contributed by atoms with Gasteiger partial charge in [0.2, 0.25) is 0 Å². The molecular weight excluding hydrogens is 160 g/mol. The van der Waals surface area contributed by atoms with E-state index in [1.54, 1.807) is 17.5 Å². The molecule has 1 aromatic heterocycles.